The number of carbonyl (C=O) groups is 2. The predicted molar refractivity (Wildman–Crippen MR) is 79.9 cm³/mol. The van der Waals surface area contributed by atoms with Gasteiger partial charge in [0.05, 0.1) is 6.04 Å². The average molecular weight is 293 g/mol. The van der Waals surface area contributed by atoms with Crippen molar-refractivity contribution in [2.24, 2.45) is 5.92 Å². The molecule has 0 aliphatic rings. The summed E-state index contributed by atoms with van der Waals surface area (Å²) in [6.07, 6.45) is 0.201. The highest BCUT2D eigenvalue weighted by atomic mass is 16.4. The number of benzene rings is 1. The summed E-state index contributed by atoms with van der Waals surface area (Å²) in [6, 6.07) is 6.67. The first kappa shape index (κ1) is 17.0. The van der Waals surface area contributed by atoms with Crippen molar-refractivity contribution in [2.45, 2.75) is 39.7 Å². The SMILES string of the molecule is CCN(C(=O)CC(C)CC(=O)O)C(C)c1cccc(O)c1. The third-order valence-electron chi connectivity index (χ3n) is 3.53. The Morgan fingerprint density at radius 2 is 1.90 bits per heavy atom. The molecule has 5 heteroatoms. The summed E-state index contributed by atoms with van der Waals surface area (Å²) in [5.74, 6) is -0.982. The minimum Gasteiger partial charge on any atom is -0.508 e. The summed E-state index contributed by atoms with van der Waals surface area (Å²) >= 11 is 0. The van der Waals surface area contributed by atoms with Crippen LogP contribution in [0.2, 0.25) is 0 Å². The van der Waals surface area contributed by atoms with Crippen LogP contribution >= 0.6 is 0 Å². The Morgan fingerprint density at radius 3 is 2.43 bits per heavy atom. The molecule has 116 valence electrons. The molecule has 0 aliphatic carbocycles. The van der Waals surface area contributed by atoms with Gasteiger partial charge in [-0.25, -0.2) is 0 Å². The van der Waals surface area contributed by atoms with Crippen LogP contribution in [0.4, 0.5) is 0 Å². The summed E-state index contributed by atoms with van der Waals surface area (Å²) in [5, 5.41) is 18.3. The molecule has 0 spiro atoms. The number of amides is 1. The number of phenols is 1. The standard InChI is InChI=1S/C16H23NO4/c1-4-17(15(19)8-11(2)9-16(20)21)12(3)13-6-5-7-14(18)10-13/h5-7,10-12,18H,4,8-9H2,1-3H3,(H,20,21). The van der Waals surface area contributed by atoms with Gasteiger partial charge in [0.2, 0.25) is 5.91 Å². The molecular formula is C16H23NO4. The normalized spacial score (nSPS) is 13.5. The van der Waals surface area contributed by atoms with Crippen LogP contribution in [0.5, 0.6) is 5.75 Å². The quantitative estimate of drug-likeness (QED) is 0.810. The van der Waals surface area contributed by atoms with E-state index in [1.807, 2.05) is 19.9 Å². The van der Waals surface area contributed by atoms with Gasteiger partial charge in [-0.2, -0.15) is 0 Å². The summed E-state index contributed by atoms with van der Waals surface area (Å²) in [5.41, 5.74) is 0.857. The van der Waals surface area contributed by atoms with Gasteiger partial charge in [-0.15, -0.1) is 0 Å². The molecule has 0 saturated heterocycles. The molecule has 0 fully saturated rings. The zero-order valence-corrected chi connectivity index (χ0v) is 12.7. The highest BCUT2D eigenvalue weighted by molar-refractivity contribution is 5.77. The molecule has 2 atom stereocenters. The Kier molecular flexibility index (Phi) is 6.21. The fraction of sp³-hybridized carbons (Fsp3) is 0.500. The molecule has 1 aromatic rings. The molecule has 2 N–H and O–H groups in total. The lowest BCUT2D eigenvalue weighted by Crippen LogP contribution is -2.34. The number of hydrogen-bond donors (Lipinski definition) is 2. The van der Waals surface area contributed by atoms with Crippen LogP contribution in [0.25, 0.3) is 0 Å². The van der Waals surface area contributed by atoms with Gasteiger partial charge in [0.25, 0.3) is 0 Å². The van der Waals surface area contributed by atoms with Crippen molar-refractivity contribution in [1.29, 1.82) is 0 Å². The minimum absolute atomic E-state index is 0.0101. The molecule has 1 amide bonds. The Labute approximate surface area is 125 Å². The van der Waals surface area contributed by atoms with Crippen molar-refractivity contribution >= 4 is 11.9 Å². The summed E-state index contributed by atoms with van der Waals surface area (Å²) in [4.78, 5) is 24.7. The molecule has 0 heterocycles. The van der Waals surface area contributed by atoms with E-state index < -0.39 is 5.97 Å². The summed E-state index contributed by atoms with van der Waals surface area (Å²) < 4.78 is 0. The minimum atomic E-state index is -0.889. The number of nitrogens with zero attached hydrogens (tertiary/aromatic N) is 1. The van der Waals surface area contributed by atoms with E-state index in [0.717, 1.165) is 5.56 Å². The largest absolute Gasteiger partial charge is 0.508 e. The van der Waals surface area contributed by atoms with Crippen LogP contribution in [-0.4, -0.2) is 33.5 Å². The van der Waals surface area contributed by atoms with Crippen LogP contribution in [0.1, 0.15) is 45.2 Å². The number of carboxylic acid groups (broad SMARTS) is 1. The number of phenolic OH excluding ortho intramolecular Hbond substituents is 1. The first-order chi connectivity index (χ1) is 9.85. The highest BCUT2D eigenvalue weighted by Crippen LogP contribution is 2.24. The monoisotopic (exact) mass is 293 g/mol. The maximum atomic E-state index is 12.3. The Hall–Kier alpha value is -2.04. The van der Waals surface area contributed by atoms with Crippen LogP contribution < -0.4 is 0 Å². The second-order valence-electron chi connectivity index (χ2n) is 5.36. The smallest absolute Gasteiger partial charge is 0.303 e. The number of rotatable bonds is 7. The van der Waals surface area contributed by atoms with Gasteiger partial charge in [0, 0.05) is 19.4 Å². The van der Waals surface area contributed by atoms with E-state index in [4.69, 9.17) is 5.11 Å². The lowest BCUT2D eigenvalue weighted by atomic mass is 10.0. The van der Waals surface area contributed by atoms with Gasteiger partial charge < -0.3 is 15.1 Å². The number of aromatic hydroxyl groups is 1. The summed E-state index contributed by atoms with van der Waals surface area (Å²) in [6.45, 7) is 6.09. The molecule has 0 bridgehead atoms. The van der Waals surface area contributed by atoms with E-state index in [0.29, 0.717) is 6.54 Å². The van der Waals surface area contributed by atoms with Crippen molar-refractivity contribution < 1.29 is 19.8 Å². The fourth-order valence-electron chi connectivity index (χ4n) is 2.42. The van der Waals surface area contributed by atoms with Crippen molar-refractivity contribution in [1.82, 2.24) is 4.90 Å². The topological polar surface area (TPSA) is 77.8 Å². The number of carbonyl (C=O) groups excluding carboxylic acids is 1. The zero-order chi connectivity index (χ0) is 16.0. The zero-order valence-electron chi connectivity index (χ0n) is 12.7. The first-order valence-corrected chi connectivity index (χ1v) is 7.15. The lowest BCUT2D eigenvalue weighted by Gasteiger charge is -2.29. The molecule has 21 heavy (non-hydrogen) atoms. The number of hydrogen-bond acceptors (Lipinski definition) is 3. The van der Waals surface area contributed by atoms with Gasteiger partial charge >= 0.3 is 5.97 Å². The second kappa shape index (κ2) is 7.67. The molecule has 0 saturated carbocycles. The van der Waals surface area contributed by atoms with Crippen molar-refractivity contribution in [3.05, 3.63) is 29.8 Å². The van der Waals surface area contributed by atoms with Gasteiger partial charge in [0.15, 0.2) is 0 Å². The number of aliphatic carboxylic acids is 1. The molecular weight excluding hydrogens is 270 g/mol. The van der Waals surface area contributed by atoms with Crippen LogP contribution in [0.3, 0.4) is 0 Å². The Balaban J connectivity index is 2.77. The van der Waals surface area contributed by atoms with Crippen LogP contribution in [0.15, 0.2) is 24.3 Å². The summed E-state index contributed by atoms with van der Waals surface area (Å²) in [7, 11) is 0. The van der Waals surface area contributed by atoms with Crippen LogP contribution in [0, 0.1) is 5.92 Å². The van der Waals surface area contributed by atoms with Crippen molar-refractivity contribution in [3.63, 3.8) is 0 Å². The van der Waals surface area contributed by atoms with E-state index in [9.17, 15) is 14.7 Å². The molecule has 0 aliphatic heterocycles. The predicted octanol–water partition coefficient (Wildman–Crippen LogP) is 2.80. The van der Waals surface area contributed by atoms with Gasteiger partial charge in [-0.3, -0.25) is 9.59 Å². The van der Waals surface area contributed by atoms with E-state index in [-0.39, 0.29) is 36.5 Å². The fourth-order valence-corrected chi connectivity index (χ4v) is 2.42. The molecule has 5 nitrogen and oxygen atoms in total. The average Bonchev–Trinajstić information content (AvgIpc) is 2.38. The molecule has 1 aromatic carbocycles. The third-order valence-corrected chi connectivity index (χ3v) is 3.53. The molecule has 0 aromatic heterocycles. The van der Waals surface area contributed by atoms with Crippen molar-refractivity contribution in [3.8, 4) is 5.75 Å². The molecule has 2 unspecified atom stereocenters. The molecule has 0 radical (unpaired) electrons. The van der Waals surface area contributed by atoms with Gasteiger partial charge in [0.1, 0.15) is 5.75 Å². The van der Waals surface area contributed by atoms with Crippen LogP contribution in [-0.2, 0) is 9.59 Å². The van der Waals surface area contributed by atoms with E-state index in [1.165, 1.54) is 0 Å². The lowest BCUT2D eigenvalue weighted by molar-refractivity contribution is -0.139. The maximum Gasteiger partial charge on any atom is 0.303 e. The van der Waals surface area contributed by atoms with Crippen molar-refractivity contribution in [2.75, 3.05) is 6.54 Å². The first-order valence-electron chi connectivity index (χ1n) is 7.15. The van der Waals surface area contributed by atoms with Gasteiger partial charge in [-0.05, 0) is 37.5 Å². The van der Waals surface area contributed by atoms with Gasteiger partial charge in [-0.1, -0.05) is 19.1 Å². The Morgan fingerprint density at radius 1 is 1.24 bits per heavy atom. The third kappa shape index (κ3) is 5.10. The second-order valence-corrected chi connectivity index (χ2v) is 5.36. The van der Waals surface area contributed by atoms with E-state index >= 15 is 0 Å². The Bertz CT molecular complexity index is 501. The highest BCUT2D eigenvalue weighted by Gasteiger charge is 2.22. The maximum absolute atomic E-state index is 12.3. The van der Waals surface area contributed by atoms with E-state index in [1.54, 1.807) is 30.0 Å². The number of carboxylic acids is 1. The van der Waals surface area contributed by atoms with E-state index in [2.05, 4.69) is 0 Å². The molecule has 1 rings (SSSR count).